The molecule has 1 heterocycles. The Labute approximate surface area is 119 Å². The van der Waals surface area contributed by atoms with Gasteiger partial charge in [-0.3, -0.25) is 0 Å². The third-order valence-electron chi connectivity index (χ3n) is 3.85. The molecule has 104 valence electrons. The van der Waals surface area contributed by atoms with Crippen molar-refractivity contribution >= 4 is 0 Å². The Morgan fingerprint density at radius 1 is 1.15 bits per heavy atom. The van der Waals surface area contributed by atoms with Gasteiger partial charge in [0, 0.05) is 6.42 Å². The zero-order chi connectivity index (χ0) is 14.1. The molecule has 3 rings (SSSR count). The van der Waals surface area contributed by atoms with Crippen molar-refractivity contribution in [1.29, 1.82) is 0 Å². The highest BCUT2D eigenvalue weighted by molar-refractivity contribution is 5.45. The van der Waals surface area contributed by atoms with Crippen molar-refractivity contribution in [2.45, 2.75) is 19.4 Å². The topological polar surface area (TPSA) is 44.5 Å². The van der Waals surface area contributed by atoms with Crippen LogP contribution >= 0.6 is 0 Å². The van der Waals surface area contributed by atoms with E-state index in [0.29, 0.717) is 0 Å². The van der Waals surface area contributed by atoms with Crippen LogP contribution in [0.1, 0.15) is 28.3 Å². The number of benzene rings is 2. The number of ether oxygens (including phenoxy) is 2. The summed E-state index contributed by atoms with van der Waals surface area (Å²) in [6.07, 6.45) is 0.970. The van der Waals surface area contributed by atoms with E-state index in [-0.39, 0.29) is 6.04 Å². The summed E-state index contributed by atoms with van der Waals surface area (Å²) in [5, 5.41) is 0. The van der Waals surface area contributed by atoms with E-state index in [1.54, 1.807) is 7.11 Å². The van der Waals surface area contributed by atoms with Gasteiger partial charge in [-0.25, -0.2) is 0 Å². The molecule has 0 aliphatic carbocycles. The van der Waals surface area contributed by atoms with Gasteiger partial charge in [-0.2, -0.15) is 0 Å². The third kappa shape index (κ3) is 2.25. The van der Waals surface area contributed by atoms with Crippen molar-refractivity contribution in [3.05, 3.63) is 58.7 Å². The molecule has 3 heteroatoms. The lowest BCUT2D eigenvalue weighted by Crippen LogP contribution is -2.12. The van der Waals surface area contributed by atoms with Crippen LogP contribution in [0.15, 0.2) is 36.4 Å². The smallest absolute Gasteiger partial charge is 0.122 e. The van der Waals surface area contributed by atoms with Gasteiger partial charge >= 0.3 is 0 Å². The average Bonchev–Trinajstić information content (AvgIpc) is 2.93. The van der Waals surface area contributed by atoms with Crippen LogP contribution in [0.4, 0.5) is 0 Å². The lowest BCUT2D eigenvalue weighted by Gasteiger charge is -2.15. The van der Waals surface area contributed by atoms with E-state index in [2.05, 4.69) is 12.1 Å². The fourth-order valence-electron chi connectivity index (χ4n) is 2.69. The minimum Gasteiger partial charge on any atom is -0.496 e. The van der Waals surface area contributed by atoms with Crippen molar-refractivity contribution in [3.8, 4) is 11.5 Å². The molecule has 1 atom stereocenters. The molecule has 2 N–H and O–H groups in total. The van der Waals surface area contributed by atoms with Gasteiger partial charge in [0.05, 0.1) is 19.8 Å². The summed E-state index contributed by atoms with van der Waals surface area (Å²) in [5.74, 6) is 1.88. The average molecular weight is 269 g/mol. The van der Waals surface area contributed by atoms with Crippen molar-refractivity contribution in [2.24, 2.45) is 5.73 Å². The predicted octanol–water partition coefficient (Wildman–Crippen LogP) is 2.99. The largest absolute Gasteiger partial charge is 0.496 e. The Hall–Kier alpha value is -2.00. The second-order valence-corrected chi connectivity index (χ2v) is 5.17. The molecule has 0 radical (unpaired) electrons. The van der Waals surface area contributed by atoms with Gasteiger partial charge in [-0.05, 0) is 41.3 Å². The van der Waals surface area contributed by atoms with E-state index >= 15 is 0 Å². The third-order valence-corrected chi connectivity index (χ3v) is 3.85. The molecule has 1 unspecified atom stereocenters. The maximum Gasteiger partial charge on any atom is 0.122 e. The number of hydrogen-bond acceptors (Lipinski definition) is 3. The zero-order valence-electron chi connectivity index (χ0n) is 11.8. The summed E-state index contributed by atoms with van der Waals surface area (Å²) in [6, 6.07) is 12.2. The first kappa shape index (κ1) is 13.0. The molecule has 20 heavy (non-hydrogen) atoms. The summed E-state index contributed by atoms with van der Waals surface area (Å²) in [6.45, 7) is 2.81. The van der Waals surface area contributed by atoms with E-state index in [4.69, 9.17) is 15.2 Å². The molecule has 2 aromatic carbocycles. The molecule has 0 spiro atoms. The van der Waals surface area contributed by atoms with Gasteiger partial charge in [0.2, 0.25) is 0 Å². The maximum atomic E-state index is 6.39. The molecule has 2 aromatic rings. The first-order valence-corrected chi connectivity index (χ1v) is 6.85. The lowest BCUT2D eigenvalue weighted by atomic mass is 9.96. The molecule has 0 fully saturated rings. The molecule has 3 nitrogen and oxygen atoms in total. The number of nitrogens with two attached hydrogens (primary N) is 1. The van der Waals surface area contributed by atoms with Gasteiger partial charge in [-0.15, -0.1) is 0 Å². The highest BCUT2D eigenvalue weighted by Gasteiger charge is 2.16. The van der Waals surface area contributed by atoms with E-state index in [0.717, 1.165) is 41.2 Å². The minimum absolute atomic E-state index is 0.120. The van der Waals surface area contributed by atoms with Crippen LogP contribution in [0.5, 0.6) is 11.5 Å². The molecule has 1 aliphatic rings. The van der Waals surface area contributed by atoms with Gasteiger partial charge in [0.15, 0.2) is 0 Å². The van der Waals surface area contributed by atoms with Gasteiger partial charge in [-0.1, -0.05) is 24.3 Å². The summed E-state index contributed by atoms with van der Waals surface area (Å²) in [7, 11) is 1.68. The lowest BCUT2D eigenvalue weighted by molar-refractivity contribution is 0.357. The highest BCUT2D eigenvalue weighted by Crippen LogP contribution is 2.30. The number of rotatable bonds is 3. The SMILES string of the molecule is COc1ccc(C(N)c2ccc3c(c2)CCO3)cc1C. The number of methoxy groups -OCH3 is 1. The standard InChI is InChI=1S/C17H19NO2/c1-11-9-13(3-5-15(11)19-2)17(18)14-4-6-16-12(10-14)7-8-20-16/h3-6,9-10,17H,7-8,18H2,1-2H3. The van der Waals surface area contributed by atoms with Crippen LogP contribution in [0.3, 0.4) is 0 Å². The predicted molar refractivity (Wildman–Crippen MR) is 79.4 cm³/mol. The van der Waals surface area contributed by atoms with E-state index < -0.39 is 0 Å². The molecular weight excluding hydrogens is 250 g/mol. The van der Waals surface area contributed by atoms with Crippen LogP contribution in [0, 0.1) is 6.92 Å². The van der Waals surface area contributed by atoms with Crippen LogP contribution < -0.4 is 15.2 Å². The second kappa shape index (κ2) is 5.17. The summed E-state index contributed by atoms with van der Waals surface area (Å²) in [5.41, 5.74) is 11.0. The molecule has 0 amide bonds. The molecular formula is C17H19NO2. The van der Waals surface area contributed by atoms with Crippen LogP contribution in [0.25, 0.3) is 0 Å². The fourth-order valence-corrected chi connectivity index (χ4v) is 2.69. The Morgan fingerprint density at radius 2 is 1.90 bits per heavy atom. The minimum atomic E-state index is -0.120. The number of fused-ring (bicyclic) bond motifs is 1. The monoisotopic (exact) mass is 269 g/mol. The fraction of sp³-hybridized carbons (Fsp3) is 0.294. The molecule has 0 saturated carbocycles. The summed E-state index contributed by atoms with van der Waals surface area (Å²) >= 11 is 0. The van der Waals surface area contributed by atoms with E-state index in [1.165, 1.54) is 5.56 Å². The molecule has 1 aliphatic heterocycles. The van der Waals surface area contributed by atoms with E-state index in [1.807, 2.05) is 31.2 Å². The van der Waals surface area contributed by atoms with Crippen LogP contribution in [0.2, 0.25) is 0 Å². The number of aryl methyl sites for hydroxylation is 1. The Bertz CT molecular complexity index is 637. The van der Waals surface area contributed by atoms with Gasteiger partial charge in [0.1, 0.15) is 11.5 Å². The first-order chi connectivity index (χ1) is 9.69. The number of hydrogen-bond donors (Lipinski definition) is 1. The van der Waals surface area contributed by atoms with Crippen molar-refractivity contribution in [2.75, 3.05) is 13.7 Å². The van der Waals surface area contributed by atoms with Crippen LogP contribution in [-0.2, 0) is 6.42 Å². The molecule has 0 saturated heterocycles. The van der Waals surface area contributed by atoms with Crippen molar-refractivity contribution in [1.82, 2.24) is 0 Å². The first-order valence-electron chi connectivity index (χ1n) is 6.85. The summed E-state index contributed by atoms with van der Waals surface area (Å²) in [4.78, 5) is 0. The second-order valence-electron chi connectivity index (χ2n) is 5.17. The Morgan fingerprint density at radius 3 is 2.65 bits per heavy atom. The van der Waals surface area contributed by atoms with E-state index in [9.17, 15) is 0 Å². The zero-order valence-corrected chi connectivity index (χ0v) is 11.8. The quantitative estimate of drug-likeness (QED) is 0.931. The van der Waals surface area contributed by atoms with Crippen LogP contribution in [-0.4, -0.2) is 13.7 Å². The molecule has 0 aromatic heterocycles. The molecule has 0 bridgehead atoms. The van der Waals surface area contributed by atoms with Gasteiger partial charge in [0.25, 0.3) is 0 Å². The normalized spacial score (nSPS) is 14.6. The highest BCUT2D eigenvalue weighted by atomic mass is 16.5. The van der Waals surface area contributed by atoms with Gasteiger partial charge < -0.3 is 15.2 Å². The summed E-state index contributed by atoms with van der Waals surface area (Å²) < 4.78 is 10.8. The Kier molecular flexibility index (Phi) is 3.36. The van der Waals surface area contributed by atoms with Crippen molar-refractivity contribution < 1.29 is 9.47 Å². The maximum absolute atomic E-state index is 6.39. The Balaban J connectivity index is 1.92. The van der Waals surface area contributed by atoms with Crippen molar-refractivity contribution in [3.63, 3.8) is 0 Å².